The minimum absolute atomic E-state index is 0.00587. The molecule has 7 heteroatoms. The van der Waals surface area contributed by atoms with E-state index in [0.717, 1.165) is 0 Å². The SMILES string of the molecule is O=C(O)[C@@H]1CCCN(C(=O)c2ccc(-c3ccco3)[nH]c2=O)C1. The molecule has 1 amide bonds. The lowest BCUT2D eigenvalue weighted by molar-refractivity contribution is -0.143. The number of nitrogens with zero attached hydrogens (tertiary/aromatic N) is 1. The normalized spacial score (nSPS) is 17.9. The number of amides is 1. The number of aliphatic carboxylic acids is 1. The van der Waals surface area contributed by atoms with Crippen molar-refractivity contribution in [2.45, 2.75) is 12.8 Å². The van der Waals surface area contributed by atoms with Gasteiger partial charge in [0.05, 0.1) is 17.9 Å². The number of hydrogen-bond donors (Lipinski definition) is 2. The molecule has 120 valence electrons. The van der Waals surface area contributed by atoms with Crippen LogP contribution in [-0.4, -0.2) is 40.0 Å². The first-order valence-corrected chi connectivity index (χ1v) is 7.35. The predicted octanol–water partition coefficient (Wildman–Crippen LogP) is 1.57. The van der Waals surface area contributed by atoms with Gasteiger partial charge in [0, 0.05) is 13.1 Å². The molecule has 3 heterocycles. The van der Waals surface area contributed by atoms with Gasteiger partial charge in [-0.05, 0) is 37.1 Å². The van der Waals surface area contributed by atoms with Gasteiger partial charge in [-0.3, -0.25) is 14.4 Å². The maximum Gasteiger partial charge on any atom is 0.308 e. The minimum atomic E-state index is -0.912. The number of piperidine rings is 1. The van der Waals surface area contributed by atoms with Crippen molar-refractivity contribution in [1.29, 1.82) is 0 Å². The number of aromatic amines is 1. The zero-order valence-electron chi connectivity index (χ0n) is 12.3. The molecule has 0 aliphatic carbocycles. The van der Waals surface area contributed by atoms with E-state index in [2.05, 4.69) is 4.98 Å². The summed E-state index contributed by atoms with van der Waals surface area (Å²) in [4.78, 5) is 39.8. The van der Waals surface area contributed by atoms with Crippen LogP contribution < -0.4 is 5.56 Å². The summed E-state index contributed by atoms with van der Waals surface area (Å²) in [5.74, 6) is -1.42. The number of H-pyrrole nitrogens is 1. The Morgan fingerprint density at radius 1 is 1.30 bits per heavy atom. The molecule has 7 nitrogen and oxygen atoms in total. The fourth-order valence-corrected chi connectivity index (χ4v) is 2.75. The number of carboxylic acids is 1. The Morgan fingerprint density at radius 3 is 2.78 bits per heavy atom. The first kappa shape index (κ1) is 15.1. The highest BCUT2D eigenvalue weighted by atomic mass is 16.4. The van der Waals surface area contributed by atoms with Crippen LogP contribution in [0.25, 0.3) is 11.5 Å². The average Bonchev–Trinajstić information content (AvgIpc) is 3.08. The third-order valence-electron chi connectivity index (χ3n) is 3.98. The Bertz CT molecular complexity index is 778. The Labute approximate surface area is 131 Å². The second kappa shape index (κ2) is 6.12. The second-order valence-electron chi connectivity index (χ2n) is 5.52. The molecule has 1 atom stereocenters. The number of furan rings is 1. The van der Waals surface area contributed by atoms with E-state index >= 15 is 0 Å². The van der Waals surface area contributed by atoms with Crippen LogP contribution >= 0.6 is 0 Å². The van der Waals surface area contributed by atoms with Crippen molar-refractivity contribution in [2.24, 2.45) is 5.92 Å². The number of carboxylic acid groups (broad SMARTS) is 1. The lowest BCUT2D eigenvalue weighted by Crippen LogP contribution is -2.43. The summed E-state index contributed by atoms with van der Waals surface area (Å²) in [5, 5.41) is 9.09. The van der Waals surface area contributed by atoms with Crippen molar-refractivity contribution < 1.29 is 19.1 Å². The van der Waals surface area contributed by atoms with E-state index in [1.54, 1.807) is 18.2 Å². The summed E-state index contributed by atoms with van der Waals surface area (Å²) in [5.41, 5.74) is -0.0219. The molecule has 1 aliphatic heterocycles. The number of aromatic nitrogens is 1. The molecule has 2 aromatic rings. The van der Waals surface area contributed by atoms with E-state index in [0.29, 0.717) is 30.8 Å². The molecule has 1 aliphatic rings. The molecule has 1 fully saturated rings. The Hall–Kier alpha value is -2.83. The van der Waals surface area contributed by atoms with Gasteiger partial charge in [0.2, 0.25) is 0 Å². The fraction of sp³-hybridized carbons (Fsp3) is 0.312. The summed E-state index contributed by atoms with van der Waals surface area (Å²) in [6.07, 6.45) is 2.66. The summed E-state index contributed by atoms with van der Waals surface area (Å²) in [6, 6.07) is 6.46. The van der Waals surface area contributed by atoms with Crippen LogP contribution in [-0.2, 0) is 4.79 Å². The van der Waals surface area contributed by atoms with Gasteiger partial charge in [-0.2, -0.15) is 0 Å². The molecule has 2 N–H and O–H groups in total. The first-order valence-electron chi connectivity index (χ1n) is 7.35. The smallest absolute Gasteiger partial charge is 0.308 e. The van der Waals surface area contributed by atoms with Gasteiger partial charge in [-0.1, -0.05) is 0 Å². The topological polar surface area (TPSA) is 104 Å². The van der Waals surface area contributed by atoms with Gasteiger partial charge in [-0.15, -0.1) is 0 Å². The van der Waals surface area contributed by atoms with E-state index in [1.165, 1.54) is 17.2 Å². The lowest BCUT2D eigenvalue weighted by Gasteiger charge is -2.30. The molecule has 1 saturated heterocycles. The standard InChI is InChI=1S/C16H16N2O5/c19-14-11(5-6-12(17-14)13-4-2-8-23-13)15(20)18-7-1-3-10(9-18)16(21)22/h2,4-6,8,10H,1,3,7,9H2,(H,17,19)(H,21,22)/t10-/m1/s1. The van der Waals surface area contributed by atoms with Gasteiger partial charge in [0.15, 0.2) is 0 Å². The Balaban J connectivity index is 1.82. The number of hydrogen-bond acceptors (Lipinski definition) is 4. The van der Waals surface area contributed by atoms with Crippen LogP contribution in [0, 0.1) is 5.92 Å². The summed E-state index contributed by atoms with van der Waals surface area (Å²) < 4.78 is 5.20. The number of pyridine rings is 1. The van der Waals surface area contributed by atoms with Crippen molar-refractivity contribution in [3.63, 3.8) is 0 Å². The van der Waals surface area contributed by atoms with Gasteiger partial charge in [0.25, 0.3) is 11.5 Å². The van der Waals surface area contributed by atoms with E-state index in [-0.39, 0.29) is 12.1 Å². The molecule has 3 rings (SSSR count). The molecule has 23 heavy (non-hydrogen) atoms. The van der Waals surface area contributed by atoms with Crippen molar-refractivity contribution in [1.82, 2.24) is 9.88 Å². The van der Waals surface area contributed by atoms with Crippen LogP contribution in [0.15, 0.2) is 39.7 Å². The molecule has 0 saturated carbocycles. The molecule has 2 aromatic heterocycles. The zero-order valence-corrected chi connectivity index (χ0v) is 12.3. The maximum atomic E-state index is 12.5. The number of nitrogens with one attached hydrogen (secondary N) is 1. The highest BCUT2D eigenvalue weighted by Crippen LogP contribution is 2.19. The average molecular weight is 316 g/mol. The highest BCUT2D eigenvalue weighted by molar-refractivity contribution is 5.94. The molecule has 0 bridgehead atoms. The number of rotatable bonds is 3. The number of carbonyl (C=O) groups excluding carboxylic acids is 1. The van der Waals surface area contributed by atoms with E-state index in [1.807, 2.05) is 0 Å². The Kier molecular flexibility index (Phi) is 4.01. The molecular weight excluding hydrogens is 300 g/mol. The molecule has 0 radical (unpaired) electrons. The van der Waals surface area contributed by atoms with Crippen LogP contribution in [0.2, 0.25) is 0 Å². The van der Waals surface area contributed by atoms with Crippen LogP contribution in [0.5, 0.6) is 0 Å². The maximum absolute atomic E-state index is 12.5. The van der Waals surface area contributed by atoms with Gasteiger partial charge < -0.3 is 19.4 Å². The van der Waals surface area contributed by atoms with Crippen LogP contribution in [0.1, 0.15) is 23.2 Å². The third kappa shape index (κ3) is 3.03. The number of likely N-dealkylation sites (tertiary alicyclic amines) is 1. The molecular formula is C16H16N2O5. The van der Waals surface area contributed by atoms with Gasteiger partial charge in [0.1, 0.15) is 11.3 Å². The monoisotopic (exact) mass is 316 g/mol. The molecule has 0 unspecified atom stereocenters. The minimum Gasteiger partial charge on any atom is -0.481 e. The van der Waals surface area contributed by atoms with Crippen molar-refractivity contribution >= 4 is 11.9 Å². The van der Waals surface area contributed by atoms with Crippen LogP contribution in [0.4, 0.5) is 0 Å². The number of carbonyl (C=O) groups is 2. The van der Waals surface area contributed by atoms with Crippen molar-refractivity contribution in [3.8, 4) is 11.5 Å². The zero-order chi connectivity index (χ0) is 16.4. The van der Waals surface area contributed by atoms with E-state index < -0.39 is 23.4 Å². The summed E-state index contributed by atoms with van der Waals surface area (Å²) in [7, 11) is 0. The first-order chi connectivity index (χ1) is 11.1. The third-order valence-corrected chi connectivity index (χ3v) is 3.98. The summed E-state index contributed by atoms with van der Waals surface area (Å²) in [6.45, 7) is 0.593. The van der Waals surface area contributed by atoms with E-state index in [4.69, 9.17) is 9.52 Å². The highest BCUT2D eigenvalue weighted by Gasteiger charge is 2.29. The lowest BCUT2D eigenvalue weighted by atomic mass is 9.98. The van der Waals surface area contributed by atoms with Crippen LogP contribution in [0.3, 0.4) is 0 Å². The molecule has 0 aromatic carbocycles. The van der Waals surface area contributed by atoms with Gasteiger partial charge >= 0.3 is 5.97 Å². The van der Waals surface area contributed by atoms with Crippen molar-refractivity contribution in [3.05, 3.63) is 46.4 Å². The summed E-state index contributed by atoms with van der Waals surface area (Å²) >= 11 is 0. The van der Waals surface area contributed by atoms with E-state index in [9.17, 15) is 14.4 Å². The Morgan fingerprint density at radius 2 is 2.13 bits per heavy atom. The fourth-order valence-electron chi connectivity index (χ4n) is 2.75. The largest absolute Gasteiger partial charge is 0.481 e. The quantitative estimate of drug-likeness (QED) is 0.894. The predicted molar refractivity (Wildman–Crippen MR) is 81.0 cm³/mol. The molecule has 0 spiro atoms. The van der Waals surface area contributed by atoms with Crippen molar-refractivity contribution in [2.75, 3.05) is 13.1 Å². The van der Waals surface area contributed by atoms with Gasteiger partial charge in [-0.25, -0.2) is 0 Å². The second-order valence-corrected chi connectivity index (χ2v) is 5.52.